The first kappa shape index (κ1) is 20.9. The highest BCUT2D eigenvalue weighted by Gasteiger charge is 2.12. The summed E-state index contributed by atoms with van der Waals surface area (Å²) in [7, 11) is 0. The average Bonchev–Trinajstić information content (AvgIpc) is 3.47. The number of thiophene rings is 1. The largest absolute Gasteiger partial charge is 0.490 e. The van der Waals surface area contributed by atoms with Crippen LogP contribution in [0.1, 0.15) is 5.56 Å². The quantitative estimate of drug-likeness (QED) is 0.191. The van der Waals surface area contributed by atoms with Crippen molar-refractivity contribution in [2.24, 2.45) is 0 Å². The Bertz CT molecular complexity index is 1150. The minimum absolute atomic E-state index is 0.146. The van der Waals surface area contributed by atoms with Crippen LogP contribution >= 0.6 is 22.9 Å². The fourth-order valence-corrected chi connectivity index (χ4v) is 3.72. The summed E-state index contributed by atoms with van der Waals surface area (Å²) in [5.41, 5.74) is 2.59. The molecule has 0 aliphatic carbocycles. The highest BCUT2D eigenvalue weighted by atomic mass is 35.5. The second-order valence-corrected chi connectivity index (χ2v) is 7.88. The van der Waals surface area contributed by atoms with E-state index in [0.717, 1.165) is 21.8 Å². The number of halogens is 1. The summed E-state index contributed by atoms with van der Waals surface area (Å²) in [4.78, 5) is 13.2. The van der Waals surface area contributed by atoms with Crippen molar-refractivity contribution in [1.29, 1.82) is 0 Å². The lowest BCUT2D eigenvalue weighted by atomic mass is 10.2. The molecule has 4 aromatic rings. The van der Waals surface area contributed by atoms with E-state index in [9.17, 15) is 4.79 Å². The number of rotatable bonds is 8. The van der Waals surface area contributed by atoms with Gasteiger partial charge in [-0.15, -0.1) is 11.3 Å². The van der Waals surface area contributed by atoms with Crippen LogP contribution in [-0.4, -0.2) is 29.0 Å². The molecule has 31 heavy (non-hydrogen) atoms. The Morgan fingerprint density at radius 2 is 1.84 bits per heavy atom. The first-order valence-electron chi connectivity index (χ1n) is 9.61. The van der Waals surface area contributed by atoms with E-state index in [4.69, 9.17) is 26.2 Å². The highest BCUT2D eigenvalue weighted by molar-refractivity contribution is 7.13. The Balaban J connectivity index is 1.39. The van der Waals surface area contributed by atoms with Crippen molar-refractivity contribution in [2.45, 2.75) is 0 Å². The fourth-order valence-electron chi connectivity index (χ4n) is 2.87. The number of carbonyl (C=O) groups excluding carboxylic acids is 1. The molecule has 0 aliphatic rings. The van der Waals surface area contributed by atoms with Crippen molar-refractivity contribution in [3.63, 3.8) is 0 Å². The molecule has 0 bridgehead atoms. The van der Waals surface area contributed by atoms with Gasteiger partial charge in [-0.3, -0.25) is 0 Å². The lowest BCUT2D eigenvalue weighted by molar-refractivity contribution is -0.138. The van der Waals surface area contributed by atoms with Gasteiger partial charge < -0.3 is 9.47 Å². The molecule has 0 N–H and O–H groups in total. The van der Waals surface area contributed by atoms with E-state index < -0.39 is 5.97 Å². The van der Waals surface area contributed by atoms with Crippen LogP contribution in [0, 0.1) is 0 Å². The van der Waals surface area contributed by atoms with Crippen LogP contribution in [0.15, 0.2) is 84.4 Å². The van der Waals surface area contributed by atoms with Crippen molar-refractivity contribution in [3.05, 3.63) is 95.0 Å². The number of nitrogens with zero attached hydrogens (tertiary/aromatic N) is 2. The predicted molar refractivity (Wildman–Crippen MR) is 124 cm³/mol. The monoisotopic (exact) mass is 450 g/mol. The summed E-state index contributed by atoms with van der Waals surface area (Å²) in [6, 6.07) is 20.8. The molecule has 0 unspecified atom stereocenters. The molecule has 0 saturated heterocycles. The van der Waals surface area contributed by atoms with Crippen molar-refractivity contribution < 1.29 is 14.3 Å². The molecular weight excluding hydrogens is 432 g/mol. The van der Waals surface area contributed by atoms with E-state index in [1.807, 2.05) is 54.0 Å². The summed E-state index contributed by atoms with van der Waals surface area (Å²) >= 11 is 7.44. The van der Waals surface area contributed by atoms with Gasteiger partial charge in [-0.1, -0.05) is 35.9 Å². The molecule has 0 aliphatic heterocycles. The molecule has 0 radical (unpaired) electrons. The molecule has 0 saturated carbocycles. The number of aromatic nitrogens is 2. The molecule has 2 heterocycles. The van der Waals surface area contributed by atoms with Crippen molar-refractivity contribution in [2.75, 3.05) is 13.2 Å². The molecule has 2 aromatic heterocycles. The number of hydrogen-bond acceptors (Lipinski definition) is 5. The molecule has 0 spiro atoms. The minimum atomic E-state index is -0.440. The van der Waals surface area contributed by atoms with Crippen LogP contribution in [0.4, 0.5) is 0 Å². The van der Waals surface area contributed by atoms with Crippen LogP contribution in [0.25, 0.3) is 22.3 Å². The maximum atomic E-state index is 12.1. The van der Waals surface area contributed by atoms with Crippen molar-refractivity contribution in [1.82, 2.24) is 9.78 Å². The Morgan fingerprint density at radius 3 is 2.58 bits per heavy atom. The number of benzene rings is 2. The number of para-hydroxylation sites is 1. The SMILES string of the molecule is O=C(C=Cc1cn(-c2ccccc2)nc1-c1cccs1)OCCOc1ccc(Cl)cc1. The van der Waals surface area contributed by atoms with Gasteiger partial charge in [0.15, 0.2) is 0 Å². The van der Waals surface area contributed by atoms with Crippen LogP contribution in [0.3, 0.4) is 0 Å². The van der Waals surface area contributed by atoms with Crippen LogP contribution in [0.5, 0.6) is 5.75 Å². The molecule has 0 amide bonds. The van der Waals surface area contributed by atoms with Crippen LogP contribution in [-0.2, 0) is 9.53 Å². The van der Waals surface area contributed by atoms with Crippen molar-refractivity contribution >= 4 is 35.0 Å². The topological polar surface area (TPSA) is 53.4 Å². The second kappa shape index (κ2) is 10.1. The smallest absolute Gasteiger partial charge is 0.330 e. The van der Waals surface area contributed by atoms with Gasteiger partial charge in [0.1, 0.15) is 24.7 Å². The Labute approximate surface area is 189 Å². The van der Waals surface area contributed by atoms with E-state index in [1.54, 1.807) is 46.4 Å². The molecule has 7 heteroatoms. The first-order chi connectivity index (χ1) is 15.2. The zero-order valence-electron chi connectivity index (χ0n) is 16.5. The second-order valence-electron chi connectivity index (χ2n) is 6.49. The van der Waals surface area contributed by atoms with Gasteiger partial charge in [-0.05, 0) is 53.9 Å². The summed E-state index contributed by atoms with van der Waals surface area (Å²) in [6.07, 6.45) is 5.04. The summed E-state index contributed by atoms with van der Waals surface area (Å²) in [5.74, 6) is 0.231. The predicted octanol–water partition coefficient (Wildman–Crippen LogP) is 5.89. The Kier molecular flexibility index (Phi) is 6.82. The third-order valence-corrected chi connectivity index (χ3v) is 5.46. The summed E-state index contributed by atoms with van der Waals surface area (Å²) in [6.45, 7) is 0.403. The van der Waals surface area contributed by atoms with Gasteiger partial charge >= 0.3 is 5.97 Å². The van der Waals surface area contributed by atoms with E-state index in [1.165, 1.54) is 6.08 Å². The van der Waals surface area contributed by atoms with Gasteiger partial charge in [-0.2, -0.15) is 5.10 Å². The van der Waals surface area contributed by atoms with Gasteiger partial charge in [0, 0.05) is 22.9 Å². The minimum Gasteiger partial charge on any atom is -0.490 e. The third kappa shape index (κ3) is 5.63. The van der Waals surface area contributed by atoms with E-state index in [2.05, 4.69) is 0 Å². The molecule has 2 aromatic carbocycles. The number of carbonyl (C=O) groups is 1. The van der Waals surface area contributed by atoms with E-state index in [-0.39, 0.29) is 13.2 Å². The molecule has 4 rings (SSSR count). The maximum Gasteiger partial charge on any atom is 0.330 e. The molecule has 0 atom stereocenters. The van der Waals surface area contributed by atoms with Gasteiger partial charge in [-0.25, -0.2) is 9.48 Å². The van der Waals surface area contributed by atoms with Gasteiger partial charge in [0.05, 0.1) is 10.6 Å². The molecule has 156 valence electrons. The lowest BCUT2D eigenvalue weighted by Gasteiger charge is -2.06. The van der Waals surface area contributed by atoms with Crippen LogP contribution in [0.2, 0.25) is 5.02 Å². The zero-order chi connectivity index (χ0) is 21.5. The first-order valence-corrected chi connectivity index (χ1v) is 10.9. The number of ether oxygens (including phenoxy) is 2. The Morgan fingerprint density at radius 1 is 1.03 bits per heavy atom. The molecule has 0 fully saturated rings. The summed E-state index contributed by atoms with van der Waals surface area (Å²) in [5, 5.41) is 7.35. The molecule has 5 nitrogen and oxygen atoms in total. The van der Waals surface area contributed by atoms with E-state index >= 15 is 0 Å². The zero-order valence-corrected chi connectivity index (χ0v) is 18.1. The summed E-state index contributed by atoms with van der Waals surface area (Å²) < 4.78 is 12.6. The average molecular weight is 451 g/mol. The number of esters is 1. The third-order valence-electron chi connectivity index (χ3n) is 4.33. The van der Waals surface area contributed by atoms with Gasteiger partial charge in [0.2, 0.25) is 0 Å². The van der Waals surface area contributed by atoms with E-state index in [0.29, 0.717) is 10.8 Å². The fraction of sp³-hybridized carbons (Fsp3) is 0.0833. The van der Waals surface area contributed by atoms with Gasteiger partial charge in [0.25, 0.3) is 0 Å². The number of hydrogen-bond donors (Lipinski definition) is 0. The molecular formula is C24H19ClN2O3S. The normalized spacial score (nSPS) is 11.0. The maximum absolute atomic E-state index is 12.1. The standard InChI is InChI=1S/C24H19ClN2O3S/c25-19-9-11-21(12-10-19)29-14-15-30-23(28)13-8-18-17-27(20-5-2-1-3-6-20)26-24(18)22-7-4-16-31-22/h1-13,16-17H,14-15H2. The highest BCUT2D eigenvalue weighted by Crippen LogP contribution is 2.28. The Hall–Kier alpha value is -3.35. The lowest BCUT2D eigenvalue weighted by Crippen LogP contribution is -2.10. The van der Waals surface area contributed by atoms with Crippen molar-refractivity contribution in [3.8, 4) is 22.0 Å². The van der Waals surface area contributed by atoms with Crippen LogP contribution < -0.4 is 4.74 Å².